The molecule has 0 aromatic carbocycles. The highest BCUT2D eigenvalue weighted by molar-refractivity contribution is 9.10. The molecule has 0 amide bonds. The van der Waals surface area contributed by atoms with E-state index in [1.807, 2.05) is 13.1 Å². The molecule has 2 aromatic rings. The molecule has 0 atom stereocenters. The van der Waals surface area contributed by atoms with E-state index in [0.29, 0.717) is 11.1 Å². The molecule has 4 nitrogen and oxygen atoms in total. The van der Waals surface area contributed by atoms with Crippen molar-refractivity contribution in [3.05, 3.63) is 40.1 Å². The first-order valence-electron chi connectivity index (χ1n) is 4.88. The van der Waals surface area contributed by atoms with Gasteiger partial charge in [0, 0.05) is 11.8 Å². The first-order chi connectivity index (χ1) is 7.69. The van der Waals surface area contributed by atoms with Gasteiger partial charge in [0.15, 0.2) is 0 Å². The van der Waals surface area contributed by atoms with Crippen LogP contribution in [0.4, 0.5) is 4.39 Å². The van der Waals surface area contributed by atoms with Crippen molar-refractivity contribution in [1.29, 1.82) is 0 Å². The van der Waals surface area contributed by atoms with Crippen LogP contribution < -0.4 is 0 Å². The molecular formula is C10H10BrFN4. The summed E-state index contributed by atoms with van der Waals surface area (Å²) in [6.07, 6.45) is 3.85. The Hall–Kier alpha value is -1.30. The van der Waals surface area contributed by atoms with Crippen LogP contribution in [-0.2, 0) is 13.0 Å². The van der Waals surface area contributed by atoms with Crippen molar-refractivity contribution in [3.63, 3.8) is 0 Å². The van der Waals surface area contributed by atoms with Crippen LogP contribution >= 0.6 is 15.9 Å². The molecule has 0 spiro atoms. The van der Waals surface area contributed by atoms with Crippen molar-refractivity contribution in [1.82, 2.24) is 20.0 Å². The Morgan fingerprint density at radius 3 is 3.00 bits per heavy atom. The summed E-state index contributed by atoms with van der Waals surface area (Å²) in [5.74, 6) is -0.353. The van der Waals surface area contributed by atoms with Crippen molar-refractivity contribution in [2.45, 2.75) is 19.9 Å². The molecule has 16 heavy (non-hydrogen) atoms. The molecule has 0 aliphatic heterocycles. The number of rotatable bonds is 3. The second-order valence-corrected chi connectivity index (χ2v) is 4.12. The highest BCUT2D eigenvalue weighted by atomic mass is 79.9. The third-order valence-electron chi connectivity index (χ3n) is 2.16. The van der Waals surface area contributed by atoms with Gasteiger partial charge in [-0.25, -0.2) is 14.1 Å². The molecule has 84 valence electrons. The summed E-state index contributed by atoms with van der Waals surface area (Å²) in [6, 6.07) is 1.43. The number of nitrogens with zero attached hydrogens (tertiary/aromatic N) is 4. The Morgan fingerprint density at radius 1 is 1.50 bits per heavy atom. The Labute approximate surface area is 101 Å². The second-order valence-electron chi connectivity index (χ2n) is 3.36. The van der Waals surface area contributed by atoms with Crippen LogP contribution in [0.3, 0.4) is 0 Å². The Balaban J connectivity index is 2.22. The number of hydrogen-bond acceptors (Lipinski definition) is 3. The highest BCUT2D eigenvalue weighted by Crippen LogP contribution is 2.15. The van der Waals surface area contributed by atoms with Gasteiger partial charge in [0.2, 0.25) is 0 Å². The van der Waals surface area contributed by atoms with Crippen LogP contribution in [0.2, 0.25) is 0 Å². The van der Waals surface area contributed by atoms with Crippen LogP contribution in [0, 0.1) is 5.82 Å². The predicted octanol–water partition coefficient (Wildman–Crippen LogP) is 2.19. The summed E-state index contributed by atoms with van der Waals surface area (Å²) < 4.78 is 15.3. The summed E-state index contributed by atoms with van der Waals surface area (Å²) in [7, 11) is 0. The maximum absolute atomic E-state index is 13.0. The zero-order valence-electron chi connectivity index (χ0n) is 8.69. The molecule has 0 fully saturated rings. The molecule has 2 aromatic heterocycles. The minimum Gasteiger partial charge on any atom is -0.248 e. The van der Waals surface area contributed by atoms with E-state index in [4.69, 9.17) is 0 Å². The van der Waals surface area contributed by atoms with E-state index in [1.165, 1.54) is 12.3 Å². The molecule has 2 heterocycles. The maximum atomic E-state index is 13.0. The van der Waals surface area contributed by atoms with E-state index in [0.717, 1.165) is 17.7 Å². The van der Waals surface area contributed by atoms with Gasteiger partial charge in [0.05, 0.1) is 18.4 Å². The molecule has 0 saturated heterocycles. The summed E-state index contributed by atoms with van der Waals surface area (Å²) in [4.78, 5) is 3.88. The van der Waals surface area contributed by atoms with E-state index in [1.54, 1.807) is 4.68 Å². The molecule has 0 N–H and O–H groups in total. The lowest BCUT2D eigenvalue weighted by Crippen LogP contribution is -2.02. The largest absolute Gasteiger partial charge is 0.248 e. The molecule has 2 rings (SSSR count). The van der Waals surface area contributed by atoms with Gasteiger partial charge in [-0.2, -0.15) is 0 Å². The molecule has 0 radical (unpaired) electrons. The smallest absolute Gasteiger partial charge is 0.141 e. The third kappa shape index (κ3) is 2.44. The van der Waals surface area contributed by atoms with Gasteiger partial charge in [-0.1, -0.05) is 12.1 Å². The van der Waals surface area contributed by atoms with Gasteiger partial charge in [-0.05, 0) is 28.4 Å². The van der Waals surface area contributed by atoms with Crippen LogP contribution in [0.5, 0.6) is 0 Å². The van der Waals surface area contributed by atoms with Crippen LogP contribution in [0.15, 0.2) is 23.1 Å². The number of halogens is 2. The minimum absolute atomic E-state index is 0.353. The zero-order valence-corrected chi connectivity index (χ0v) is 10.3. The lowest BCUT2D eigenvalue weighted by molar-refractivity contribution is 0.604. The number of pyridine rings is 1. The number of aromatic nitrogens is 4. The van der Waals surface area contributed by atoms with E-state index in [9.17, 15) is 4.39 Å². The number of hydrogen-bond donors (Lipinski definition) is 0. The summed E-state index contributed by atoms with van der Waals surface area (Å²) in [5.41, 5.74) is 1.66. The monoisotopic (exact) mass is 284 g/mol. The highest BCUT2D eigenvalue weighted by Gasteiger charge is 2.05. The average molecular weight is 285 g/mol. The fraction of sp³-hybridized carbons (Fsp3) is 0.300. The van der Waals surface area contributed by atoms with E-state index in [-0.39, 0.29) is 5.82 Å². The quantitative estimate of drug-likeness (QED) is 0.812. The van der Waals surface area contributed by atoms with Gasteiger partial charge in [-0.3, -0.25) is 0 Å². The Bertz CT molecular complexity index is 497. The molecule has 0 aliphatic rings. The third-order valence-corrected chi connectivity index (χ3v) is 2.87. The Morgan fingerprint density at radius 2 is 2.31 bits per heavy atom. The van der Waals surface area contributed by atoms with Gasteiger partial charge in [-0.15, -0.1) is 5.10 Å². The summed E-state index contributed by atoms with van der Waals surface area (Å²) in [6.45, 7) is 2.46. The summed E-state index contributed by atoms with van der Waals surface area (Å²) in [5, 5.41) is 7.92. The molecule has 0 saturated carbocycles. The van der Waals surface area contributed by atoms with Crippen LogP contribution in [-0.4, -0.2) is 20.0 Å². The van der Waals surface area contributed by atoms with Crippen molar-refractivity contribution in [2.24, 2.45) is 0 Å². The van der Waals surface area contributed by atoms with Gasteiger partial charge in [0.1, 0.15) is 10.4 Å². The standard InChI is InChI=1S/C10H10BrFN4/c1-2-9-6-16(15-14-9)5-7-3-8(12)4-13-10(7)11/h3-4,6H,2,5H2,1H3. The lowest BCUT2D eigenvalue weighted by atomic mass is 10.3. The normalized spacial score (nSPS) is 10.7. The zero-order chi connectivity index (χ0) is 11.5. The van der Waals surface area contributed by atoms with Crippen LogP contribution in [0.1, 0.15) is 18.2 Å². The van der Waals surface area contributed by atoms with Crippen molar-refractivity contribution < 1.29 is 4.39 Å². The summed E-state index contributed by atoms with van der Waals surface area (Å²) >= 11 is 3.27. The first kappa shape index (κ1) is 11.2. The van der Waals surface area contributed by atoms with Gasteiger partial charge in [0.25, 0.3) is 0 Å². The van der Waals surface area contributed by atoms with Crippen molar-refractivity contribution >= 4 is 15.9 Å². The van der Waals surface area contributed by atoms with Gasteiger partial charge < -0.3 is 0 Å². The molecule has 6 heteroatoms. The van der Waals surface area contributed by atoms with E-state index >= 15 is 0 Å². The minimum atomic E-state index is -0.353. The average Bonchev–Trinajstić information content (AvgIpc) is 2.71. The molecule has 0 unspecified atom stereocenters. The predicted molar refractivity (Wildman–Crippen MR) is 60.4 cm³/mol. The topological polar surface area (TPSA) is 43.6 Å². The van der Waals surface area contributed by atoms with Crippen molar-refractivity contribution in [2.75, 3.05) is 0 Å². The maximum Gasteiger partial charge on any atom is 0.141 e. The van der Waals surface area contributed by atoms with E-state index < -0.39 is 0 Å². The fourth-order valence-corrected chi connectivity index (χ4v) is 1.67. The molecule has 0 aliphatic carbocycles. The number of aryl methyl sites for hydroxylation is 1. The Kier molecular flexibility index (Phi) is 3.28. The van der Waals surface area contributed by atoms with E-state index in [2.05, 4.69) is 31.2 Å². The lowest BCUT2D eigenvalue weighted by Gasteiger charge is -2.02. The molecule has 0 bridgehead atoms. The van der Waals surface area contributed by atoms with Crippen molar-refractivity contribution in [3.8, 4) is 0 Å². The van der Waals surface area contributed by atoms with Crippen LogP contribution in [0.25, 0.3) is 0 Å². The fourth-order valence-electron chi connectivity index (χ4n) is 1.33. The SMILES string of the molecule is CCc1cn(Cc2cc(F)cnc2Br)nn1. The molecular weight excluding hydrogens is 275 g/mol. The van der Waals surface area contributed by atoms with Gasteiger partial charge >= 0.3 is 0 Å². The second kappa shape index (κ2) is 4.69. The first-order valence-corrected chi connectivity index (χ1v) is 5.67.